The van der Waals surface area contributed by atoms with Crippen molar-refractivity contribution < 1.29 is 10.0 Å². The number of unbranched alkanes of at least 4 members (excludes halogenated alkanes) is 1. The molecule has 1 aromatic rings. The van der Waals surface area contributed by atoms with Crippen molar-refractivity contribution >= 4 is 0 Å². The molecular weight excluding hydrogens is 152 g/mol. The fourth-order valence-corrected chi connectivity index (χ4v) is 1.16. The van der Waals surface area contributed by atoms with Gasteiger partial charge in [0.2, 0.25) is 0 Å². The second kappa shape index (κ2) is 4.93. The van der Waals surface area contributed by atoms with Gasteiger partial charge in [0.15, 0.2) is 0 Å². The van der Waals surface area contributed by atoms with E-state index in [1.807, 2.05) is 0 Å². The maximum absolute atomic E-state index is 2.30. The molecule has 0 spiro atoms. The largest absolute Gasteiger partial charge is 0.870 e. The summed E-state index contributed by atoms with van der Waals surface area (Å²) in [5.41, 5.74) is 0. The quantitative estimate of drug-likeness (QED) is 0.629. The van der Waals surface area contributed by atoms with Crippen LogP contribution in [-0.2, 0) is 13.6 Å². The van der Waals surface area contributed by atoms with E-state index in [0.29, 0.717) is 0 Å². The predicted molar refractivity (Wildman–Crippen MR) is 47.2 cm³/mol. The van der Waals surface area contributed by atoms with Gasteiger partial charge in [-0.1, -0.05) is 13.3 Å². The lowest BCUT2D eigenvalue weighted by Crippen LogP contribution is -2.29. The van der Waals surface area contributed by atoms with E-state index in [0.717, 1.165) is 6.54 Å². The van der Waals surface area contributed by atoms with Gasteiger partial charge in [-0.25, -0.2) is 9.13 Å². The van der Waals surface area contributed by atoms with Crippen molar-refractivity contribution in [1.29, 1.82) is 0 Å². The van der Waals surface area contributed by atoms with Gasteiger partial charge in [0.05, 0.1) is 13.6 Å². The van der Waals surface area contributed by atoms with E-state index in [4.69, 9.17) is 0 Å². The van der Waals surface area contributed by atoms with Gasteiger partial charge in [0, 0.05) is 6.92 Å². The normalized spacial score (nSPS) is 9.58. The fraction of sp³-hybridized carbons (Fsp3) is 0.667. The minimum atomic E-state index is 0. The van der Waals surface area contributed by atoms with Crippen LogP contribution < -0.4 is 4.57 Å². The van der Waals surface area contributed by atoms with E-state index in [9.17, 15) is 0 Å². The predicted octanol–water partition coefficient (Wildman–Crippen LogP) is 1.24. The molecule has 0 fully saturated rings. The molecule has 0 amide bonds. The summed E-state index contributed by atoms with van der Waals surface area (Å²) in [6.07, 6.45) is 6.78. The van der Waals surface area contributed by atoms with E-state index >= 15 is 0 Å². The SMILES string of the molecule is CCCCn1cc[n+](C)c1C.[OH-]. The van der Waals surface area contributed by atoms with Crippen molar-refractivity contribution in [3.05, 3.63) is 18.2 Å². The van der Waals surface area contributed by atoms with Gasteiger partial charge < -0.3 is 5.48 Å². The molecule has 0 aliphatic carbocycles. The Bertz CT molecular complexity index is 230. The molecule has 70 valence electrons. The average Bonchev–Trinajstić information content (AvgIpc) is 2.31. The van der Waals surface area contributed by atoms with E-state index in [1.54, 1.807) is 0 Å². The zero-order chi connectivity index (χ0) is 8.27. The highest BCUT2D eigenvalue weighted by Gasteiger charge is 2.06. The van der Waals surface area contributed by atoms with E-state index in [-0.39, 0.29) is 5.48 Å². The maximum atomic E-state index is 2.30. The summed E-state index contributed by atoms with van der Waals surface area (Å²) in [6.45, 7) is 5.53. The average molecular weight is 170 g/mol. The van der Waals surface area contributed by atoms with Gasteiger partial charge in [-0.3, -0.25) is 0 Å². The van der Waals surface area contributed by atoms with Crippen LogP contribution in [0.4, 0.5) is 0 Å². The molecule has 1 aromatic heterocycles. The lowest BCUT2D eigenvalue weighted by molar-refractivity contribution is -0.677. The first kappa shape index (κ1) is 11.2. The molecule has 3 nitrogen and oxygen atoms in total. The number of imidazole rings is 1. The zero-order valence-corrected chi connectivity index (χ0v) is 8.12. The lowest BCUT2D eigenvalue weighted by Gasteiger charge is -1.95. The van der Waals surface area contributed by atoms with Gasteiger partial charge in [0.25, 0.3) is 5.82 Å². The number of hydrogen-bond donors (Lipinski definition) is 0. The number of hydrogen-bond acceptors (Lipinski definition) is 1. The molecule has 0 radical (unpaired) electrons. The highest BCUT2D eigenvalue weighted by Crippen LogP contribution is 1.96. The third kappa shape index (κ3) is 2.34. The summed E-state index contributed by atoms with van der Waals surface area (Å²) in [7, 11) is 2.08. The third-order valence-electron chi connectivity index (χ3n) is 2.15. The van der Waals surface area contributed by atoms with E-state index in [1.165, 1.54) is 18.7 Å². The molecule has 0 unspecified atom stereocenters. The summed E-state index contributed by atoms with van der Waals surface area (Å²) in [5, 5.41) is 0. The second-order valence-electron chi connectivity index (χ2n) is 3.00. The van der Waals surface area contributed by atoms with Crippen molar-refractivity contribution in [3.8, 4) is 0 Å². The van der Waals surface area contributed by atoms with E-state index in [2.05, 4.69) is 42.4 Å². The number of aromatic nitrogens is 2. The topological polar surface area (TPSA) is 38.8 Å². The Labute approximate surface area is 74.0 Å². The molecule has 0 bridgehead atoms. The third-order valence-corrected chi connectivity index (χ3v) is 2.15. The Morgan fingerprint density at radius 1 is 1.50 bits per heavy atom. The molecule has 0 saturated heterocycles. The molecule has 0 saturated carbocycles. The Morgan fingerprint density at radius 2 is 2.17 bits per heavy atom. The first-order valence-electron chi connectivity index (χ1n) is 4.27. The smallest absolute Gasteiger partial charge is 0.253 e. The number of rotatable bonds is 3. The van der Waals surface area contributed by atoms with Gasteiger partial charge in [-0.05, 0) is 6.42 Å². The fourth-order valence-electron chi connectivity index (χ4n) is 1.16. The van der Waals surface area contributed by atoms with Gasteiger partial charge in [0.1, 0.15) is 12.4 Å². The van der Waals surface area contributed by atoms with Gasteiger partial charge >= 0.3 is 0 Å². The lowest BCUT2D eigenvalue weighted by atomic mass is 10.3. The minimum Gasteiger partial charge on any atom is -0.870 e. The number of nitrogens with zero attached hydrogens (tertiary/aromatic N) is 2. The molecular formula is C9H18N2O. The molecule has 12 heavy (non-hydrogen) atoms. The standard InChI is InChI=1S/C9H17N2.H2O/c1-4-5-6-11-8-7-10(3)9(11)2;/h7-8H,4-6H2,1-3H3;1H2/q+1;/p-1. The van der Waals surface area contributed by atoms with Gasteiger partial charge in [-0.2, -0.15) is 0 Å². The van der Waals surface area contributed by atoms with Crippen molar-refractivity contribution in [2.45, 2.75) is 33.2 Å². The first-order chi connectivity index (χ1) is 5.25. The Balaban J connectivity index is 0.00000121. The van der Waals surface area contributed by atoms with Crippen LogP contribution in [0.3, 0.4) is 0 Å². The second-order valence-corrected chi connectivity index (χ2v) is 3.00. The summed E-state index contributed by atoms with van der Waals surface area (Å²) < 4.78 is 4.44. The summed E-state index contributed by atoms with van der Waals surface area (Å²) in [5.74, 6) is 1.33. The van der Waals surface area contributed by atoms with Crippen LogP contribution in [0.5, 0.6) is 0 Å². The van der Waals surface area contributed by atoms with Crippen LogP contribution in [0.25, 0.3) is 0 Å². The van der Waals surface area contributed by atoms with Crippen LogP contribution in [0, 0.1) is 6.92 Å². The molecule has 0 aromatic carbocycles. The van der Waals surface area contributed by atoms with Crippen LogP contribution in [-0.4, -0.2) is 10.0 Å². The Hall–Kier alpha value is -0.830. The number of aryl methyl sites for hydroxylation is 2. The maximum Gasteiger partial charge on any atom is 0.253 e. The Morgan fingerprint density at radius 3 is 2.58 bits per heavy atom. The van der Waals surface area contributed by atoms with E-state index < -0.39 is 0 Å². The highest BCUT2D eigenvalue weighted by molar-refractivity contribution is 4.78. The minimum absolute atomic E-state index is 0. The van der Waals surface area contributed by atoms with Crippen LogP contribution in [0.1, 0.15) is 25.6 Å². The molecule has 1 rings (SSSR count). The molecule has 0 aliphatic heterocycles. The highest BCUT2D eigenvalue weighted by atomic mass is 16.0. The van der Waals surface area contributed by atoms with Gasteiger partial charge in [-0.15, -0.1) is 0 Å². The molecule has 0 aliphatic rings. The Kier molecular flexibility index (Phi) is 4.59. The summed E-state index contributed by atoms with van der Waals surface area (Å²) in [4.78, 5) is 0. The van der Waals surface area contributed by atoms with Crippen LogP contribution in [0.15, 0.2) is 12.4 Å². The van der Waals surface area contributed by atoms with Crippen molar-refractivity contribution in [2.75, 3.05) is 0 Å². The van der Waals surface area contributed by atoms with Crippen LogP contribution in [0.2, 0.25) is 0 Å². The van der Waals surface area contributed by atoms with Crippen molar-refractivity contribution in [3.63, 3.8) is 0 Å². The summed E-state index contributed by atoms with van der Waals surface area (Å²) in [6, 6.07) is 0. The molecule has 1 N–H and O–H groups in total. The monoisotopic (exact) mass is 170 g/mol. The van der Waals surface area contributed by atoms with Crippen molar-refractivity contribution in [1.82, 2.24) is 4.57 Å². The summed E-state index contributed by atoms with van der Waals surface area (Å²) >= 11 is 0. The zero-order valence-electron chi connectivity index (χ0n) is 8.12. The first-order valence-corrected chi connectivity index (χ1v) is 4.27. The van der Waals surface area contributed by atoms with Crippen molar-refractivity contribution in [2.24, 2.45) is 7.05 Å². The molecule has 3 heteroatoms. The molecule has 1 heterocycles. The molecule has 0 atom stereocenters. The van der Waals surface area contributed by atoms with Crippen LogP contribution >= 0.6 is 0 Å².